The lowest BCUT2D eigenvalue weighted by Gasteiger charge is -2.25. The fourth-order valence-corrected chi connectivity index (χ4v) is 1.16. The SMILES string of the molecule is CC(=O)OC[C@H](O)[C@@H](O)[C@@H](COC(C)=O)OC(C)=O. The van der Waals surface area contributed by atoms with Crippen LogP contribution in [0.4, 0.5) is 0 Å². The average Bonchev–Trinajstić information content (AvgIpc) is 2.29. The molecule has 8 heteroatoms. The topological polar surface area (TPSA) is 119 Å². The molecule has 0 unspecified atom stereocenters. The number of carbonyl (C=O) groups is 3. The lowest BCUT2D eigenvalue weighted by molar-refractivity contribution is -0.173. The van der Waals surface area contributed by atoms with Gasteiger partial charge >= 0.3 is 17.9 Å². The molecule has 0 spiro atoms. The molecule has 0 fully saturated rings. The maximum absolute atomic E-state index is 10.9. The minimum atomic E-state index is -1.55. The van der Waals surface area contributed by atoms with Gasteiger partial charge in [-0.05, 0) is 0 Å². The maximum atomic E-state index is 10.9. The second kappa shape index (κ2) is 8.44. The van der Waals surface area contributed by atoms with Crippen LogP contribution in [-0.2, 0) is 28.6 Å². The lowest BCUT2D eigenvalue weighted by atomic mass is 10.1. The van der Waals surface area contributed by atoms with Crippen molar-refractivity contribution in [3.63, 3.8) is 0 Å². The first-order valence-electron chi connectivity index (χ1n) is 5.54. The van der Waals surface area contributed by atoms with E-state index < -0.39 is 49.4 Å². The van der Waals surface area contributed by atoms with Crippen LogP contribution in [0.15, 0.2) is 0 Å². The van der Waals surface area contributed by atoms with Crippen LogP contribution in [0.1, 0.15) is 20.8 Å². The van der Waals surface area contributed by atoms with Gasteiger partial charge in [-0.15, -0.1) is 0 Å². The smallest absolute Gasteiger partial charge is 0.303 e. The predicted octanol–water partition coefficient (Wildman–Crippen LogP) is -1.23. The molecule has 110 valence electrons. The summed E-state index contributed by atoms with van der Waals surface area (Å²) in [5, 5.41) is 19.3. The van der Waals surface area contributed by atoms with E-state index in [1.807, 2.05) is 0 Å². The Balaban J connectivity index is 4.49. The van der Waals surface area contributed by atoms with E-state index in [1.165, 1.54) is 0 Å². The molecule has 8 nitrogen and oxygen atoms in total. The van der Waals surface area contributed by atoms with Gasteiger partial charge in [-0.2, -0.15) is 0 Å². The van der Waals surface area contributed by atoms with E-state index in [0.717, 1.165) is 20.8 Å². The van der Waals surface area contributed by atoms with E-state index in [1.54, 1.807) is 0 Å². The molecule has 0 aromatic rings. The normalized spacial score (nSPS) is 15.0. The summed E-state index contributed by atoms with van der Waals surface area (Å²) in [5.74, 6) is -1.97. The molecule has 0 amide bonds. The summed E-state index contributed by atoms with van der Waals surface area (Å²) in [5.41, 5.74) is 0. The zero-order valence-corrected chi connectivity index (χ0v) is 11.0. The minimum absolute atomic E-state index is 0.410. The molecule has 0 heterocycles. The number of rotatable bonds is 7. The fraction of sp³-hybridized carbons (Fsp3) is 0.727. The third-order valence-corrected chi connectivity index (χ3v) is 2.00. The zero-order chi connectivity index (χ0) is 15.0. The summed E-state index contributed by atoms with van der Waals surface area (Å²) < 4.78 is 13.8. The molecule has 0 aromatic heterocycles. The number of hydrogen-bond donors (Lipinski definition) is 2. The molecule has 0 aromatic carbocycles. The standard InChI is InChI=1S/C11H18O8/c1-6(12)17-4-9(15)11(16)10(19-8(3)14)5-18-7(2)13/h9-11,15-16H,4-5H2,1-3H3/t9-,10+,11+/m0/s1. The molecule has 0 radical (unpaired) electrons. The molecule has 0 aliphatic carbocycles. The predicted molar refractivity (Wildman–Crippen MR) is 60.8 cm³/mol. The quantitative estimate of drug-likeness (QED) is 0.438. The van der Waals surface area contributed by atoms with Crippen molar-refractivity contribution < 1.29 is 38.8 Å². The van der Waals surface area contributed by atoms with Crippen LogP contribution < -0.4 is 0 Å². The molecule has 0 saturated carbocycles. The summed E-state index contributed by atoms with van der Waals surface area (Å²) in [4.78, 5) is 32.1. The first kappa shape index (κ1) is 17.3. The average molecular weight is 278 g/mol. The summed E-state index contributed by atoms with van der Waals surface area (Å²) in [6.07, 6.45) is -4.27. The number of esters is 3. The molecular weight excluding hydrogens is 260 g/mol. The van der Waals surface area contributed by atoms with Gasteiger partial charge in [-0.3, -0.25) is 14.4 Å². The monoisotopic (exact) mass is 278 g/mol. The van der Waals surface area contributed by atoms with E-state index in [0.29, 0.717) is 0 Å². The van der Waals surface area contributed by atoms with Crippen molar-refractivity contribution in [2.75, 3.05) is 13.2 Å². The number of hydrogen-bond acceptors (Lipinski definition) is 8. The number of aliphatic hydroxyl groups is 2. The van der Waals surface area contributed by atoms with Crippen molar-refractivity contribution >= 4 is 17.9 Å². The Morgan fingerprint density at radius 2 is 1.37 bits per heavy atom. The molecule has 3 atom stereocenters. The van der Waals surface area contributed by atoms with Crippen LogP contribution in [-0.4, -0.2) is 59.6 Å². The van der Waals surface area contributed by atoms with Gasteiger partial charge in [0.15, 0.2) is 6.10 Å². The first-order valence-corrected chi connectivity index (χ1v) is 5.54. The van der Waals surface area contributed by atoms with Crippen LogP contribution in [0.25, 0.3) is 0 Å². The largest absolute Gasteiger partial charge is 0.463 e. The molecule has 0 bridgehead atoms. The molecular formula is C11H18O8. The highest BCUT2D eigenvalue weighted by Gasteiger charge is 2.30. The summed E-state index contributed by atoms with van der Waals surface area (Å²) in [6.45, 7) is 2.52. The van der Waals surface area contributed by atoms with Crippen molar-refractivity contribution in [2.24, 2.45) is 0 Å². The van der Waals surface area contributed by atoms with E-state index in [4.69, 9.17) is 4.74 Å². The summed E-state index contributed by atoms with van der Waals surface area (Å²) in [6, 6.07) is 0. The van der Waals surface area contributed by atoms with E-state index in [2.05, 4.69) is 9.47 Å². The number of aliphatic hydroxyl groups excluding tert-OH is 2. The van der Waals surface area contributed by atoms with Crippen LogP contribution in [0.3, 0.4) is 0 Å². The molecule has 0 saturated heterocycles. The first-order chi connectivity index (χ1) is 8.73. The highest BCUT2D eigenvalue weighted by Crippen LogP contribution is 2.07. The van der Waals surface area contributed by atoms with Crippen molar-refractivity contribution in [1.29, 1.82) is 0 Å². The van der Waals surface area contributed by atoms with Gasteiger partial charge in [0.1, 0.15) is 25.4 Å². The van der Waals surface area contributed by atoms with E-state index >= 15 is 0 Å². The van der Waals surface area contributed by atoms with Gasteiger partial charge < -0.3 is 24.4 Å². The maximum Gasteiger partial charge on any atom is 0.303 e. The second-order valence-corrected chi connectivity index (χ2v) is 3.81. The van der Waals surface area contributed by atoms with Gasteiger partial charge in [0.25, 0.3) is 0 Å². The third-order valence-electron chi connectivity index (χ3n) is 2.00. The van der Waals surface area contributed by atoms with Crippen LogP contribution in [0.2, 0.25) is 0 Å². The molecule has 2 N–H and O–H groups in total. The Labute approximate surface area is 110 Å². The van der Waals surface area contributed by atoms with Gasteiger partial charge in [-0.25, -0.2) is 0 Å². The van der Waals surface area contributed by atoms with Gasteiger partial charge in [0, 0.05) is 20.8 Å². The molecule has 0 rings (SSSR count). The minimum Gasteiger partial charge on any atom is -0.463 e. The number of ether oxygens (including phenoxy) is 3. The molecule has 19 heavy (non-hydrogen) atoms. The Morgan fingerprint density at radius 3 is 1.79 bits per heavy atom. The van der Waals surface area contributed by atoms with Gasteiger partial charge in [-0.1, -0.05) is 0 Å². The summed E-state index contributed by atoms with van der Waals surface area (Å²) >= 11 is 0. The molecule has 0 aliphatic rings. The Bertz CT molecular complexity index is 327. The van der Waals surface area contributed by atoms with Crippen molar-refractivity contribution in [2.45, 2.75) is 39.1 Å². The van der Waals surface area contributed by atoms with Crippen LogP contribution >= 0.6 is 0 Å². The highest BCUT2D eigenvalue weighted by atomic mass is 16.6. The fourth-order valence-electron chi connectivity index (χ4n) is 1.16. The van der Waals surface area contributed by atoms with Crippen molar-refractivity contribution in [1.82, 2.24) is 0 Å². The Morgan fingerprint density at radius 1 is 0.895 bits per heavy atom. The van der Waals surface area contributed by atoms with Crippen LogP contribution in [0.5, 0.6) is 0 Å². The van der Waals surface area contributed by atoms with Crippen molar-refractivity contribution in [3.8, 4) is 0 Å². The second-order valence-electron chi connectivity index (χ2n) is 3.81. The Hall–Kier alpha value is -1.67. The molecule has 0 aliphatic heterocycles. The highest BCUT2D eigenvalue weighted by molar-refractivity contribution is 5.67. The zero-order valence-electron chi connectivity index (χ0n) is 11.0. The van der Waals surface area contributed by atoms with Gasteiger partial charge in [0.2, 0.25) is 0 Å². The summed E-state index contributed by atoms with van der Waals surface area (Å²) in [7, 11) is 0. The Kier molecular flexibility index (Phi) is 7.69. The van der Waals surface area contributed by atoms with E-state index in [9.17, 15) is 24.6 Å². The van der Waals surface area contributed by atoms with E-state index in [-0.39, 0.29) is 0 Å². The van der Waals surface area contributed by atoms with Crippen molar-refractivity contribution in [3.05, 3.63) is 0 Å². The van der Waals surface area contributed by atoms with Gasteiger partial charge in [0.05, 0.1) is 0 Å². The third kappa shape index (κ3) is 8.11. The lowest BCUT2D eigenvalue weighted by Crippen LogP contribution is -2.45. The van der Waals surface area contributed by atoms with Crippen LogP contribution in [0, 0.1) is 0 Å². The number of carbonyl (C=O) groups excluding carboxylic acids is 3.